The summed E-state index contributed by atoms with van der Waals surface area (Å²) in [7, 11) is -5.84. The number of hydrogen-bond donors (Lipinski definition) is 2. The van der Waals surface area contributed by atoms with Gasteiger partial charge in [-0.05, 0) is 41.5 Å². The van der Waals surface area contributed by atoms with E-state index in [1.54, 1.807) is 46.2 Å². The van der Waals surface area contributed by atoms with Crippen molar-refractivity contribution < 1.29 is 36.4 Å². The molecule has 0 amide bonds. The monoisotopic (exact) mass is 556 g/mol. The minimum absolute atomic E-state index is 0.438. The summed E-state index contributed by atoms with van der Waals surface area (Å²) < 4.78 is 37.2. The number of para-hydroxylation sites is 6. The molecule has 0 aliphatic carbocycles. The molecule has 0 bridgehead atoms. The van der Waals surface area contributed by atoms with E-state index in [4.69, 9.17) is 26.6 Å². The molecule has 2 N–H and O–H groups in total. The van der Waals surface area contributed by atoms with Crippen LogP contribution in [0.3, 0.4) is 0 Å². The zero-order valence-corrected chi connectivity index (χ0v) is 25.1. The molecule has 0 aromatic heterocycles. The molecule has 0 unspecified atom stereocenters. The van der Waals surface area contributed by atoms with E-state index in [-0.39, 0.29) is 0 Å². The summed E-state index contributed by atoms with van der Waals surface area (Å²) >= 11 is 0. The third-order valence-corrected chi connectivity index (χ3v) is 11.3. The van der Waals surface area contributed by atoms with Gasteiger partial charge in [-0.15, -0.1) is 0 Å². The summed E-state index contributed by atoms with van der Waals surface area (Å²) in [5.74, 6) is 2.63. The normalized spacial score (nSPS) is 18.8. The van der Waals surface area contributed by atoms with Gasteiger partial charge in [0.2, 0.25) is 0 Å². The van der Waals surface area contributed by atoms with Crippen LogP contribution in [0.5, 0.6) is 34.5 Å². The summed E-state index contributed by atoms with van der Waals surface area (Å²) in [5, 5.41) is 0. The van der Waals surface area contributed by atoms with Gasteiger partial charge in [0.15, 0.2) is 0 Å². The standard InChI is InChI=1S/C18H12O6Si.2C6H15N/c1-2-8-14-13(7-1)19-25(20-14,21-15-9-3-4-10-16(15)22-25)23-17-11-5-6-12-18(17)24-25;2*1-4-7(5-2)6-3/h1-12H;2*4-6H2,1-3H3/q-2;;/p+2. The summed E-state index contributed by atoms with van der Waals surface area (Å²) in [6, 6.07) is 21.5. The molecule has 0 radical (unpaired) electrons. The van der Waals surface area contributed by atoms with E-state index in [2.05, 4.69) is 41.5 Å². The zero-order valence-electron chi connectivity index (χ0n) is 24.1. The number of fused-ring (bicyclic) bond motifs is 3. The Labute approximate surface area is 232 Å². The van der Waals surface area contributed by atoms with Crippen LogP contribution in [0.4, 0.5) is 0 Å². The van der Waals surface area contributed by atoms with Crippen LogP contribution < -0.4 is 36.4 Å². The molecular formula is C30H44N2O6Si. The van der Waals surface area contributed by atoms with Crippen molar-refractivity contribution in [2.24, 2.45) is 0 Å². The zero-order chi connectivity index (χ0) is 28.0. The number of benzene rings is 3. The maximum absolute atomic E-state index is 6.20. The van der Waals surface area contributed by atoms with Gasteiger partial charge in [-0.1, -0.05) is 0 Å². The van der Waals surface area contributed by atoms with E-state index in [1.165, 1.54) is 39.3 Å². The Balaban J connectivity index is 0.000000211. The molecule has 8 nitrogen and oxygen atoms in total. The molecule has 3 aromatic carbocycles. The Kier molecular flexibility index (Phi) is 8.06. The molecule has 39 heavy (non-hydrogen) atoms. The fourth-order valence-electron chi connectivity index (χ4n) is 5.02. The van der Waals surface area contributed by atoms with Crippen LogP contribution in [0.25, 0.3) is 0 Å². The Bertz CT molecular complexity index is 1020. The van der Waals surface area contributed by atoms with Crippen molar-refractivity contribution in [3.63, 3.8) is 0 Å². The van der Waals surface area contributed by atoms with Gasteiger partial charge in [0, 0.05) is 0 Å². The fraction of sp³-hybridized carbons (Fsp3) is 0.400. The molecule has 3 aliphatic rings. The summed E-state index contributed by atoms with van der Waals surface area (Å²) in [4.78, 5) is 3.36. The molecule has 9 heteroatoms. The predicted octanol–water partition coefficient (Wildman–Crippen LogP) is 3.60. The third-order valence-electron chi connectivity index (χ3n) is 7.46. The third kappa shape index (κ3) is 5.26. The quantitative estimate of drug-likeness (QED) is 0.453. The first kappa shape index (κ1) is 28.6. The first-order valence-electron chi connectivity index (χ1n) is 14.3. The second-order valence-electron chi connectivity index (χ2n) is 9.82. The Morgan fingerprint density at radius 1 is 0.385 bits per heavy atom. The first-order chi connectivity index (χ1) is 18.8. The van der Waals surface area contributed by atoms with Gasteiger partial charge in [0.05, 0.1) is 39.3 Å². The van der Waals surface area contributed by atoms with Crippen molar-refractivity contribution in [1.82, 2.24) is 0 Å². The van der Waals surface area contributed by atoms with E-state index in [0.717, 1.165) is 0 Å². The Morgan fingerprint density at radius 3 is 0.692 bits per heavy atom. The first-order valence-corrected chi connectivity index (χ1v) is 16.7. The van der Waals surface area contributed by atoms with Gasteiger partial charge < -0.3 is 9.80 Å². The van der Waals surface area contributed by atoms with Gasteiger partial charge in [-0.25, -0.2) is 0 Å². The fourth-order valence-corrected chi connectivity index (χ4v) is 9.35. The Morgan fingerprint density at radius 2 is 0.564 bits per heavy atom. The van der Waals surface area contributed by atoms with Crippen LogP contribution in [0, 0.1) is 0 Å². The van der Waals surface area contributed by atoms with E-state index < -0.39 is 8.09 Å². The number of rotatable bonds is 6. The van der Waals surface area contributed by atoms with Gasteiger partial charge in [0.25, 0.3) is 0 Å². The van der Waals surface area contributed by atoms with Crippen LogP contribution in [-0.2, 0) is 0 Å². The average Bonchev–Trinajstić information content (AvgIpc) is 3.53. The molecule has 0 saturated heterocycles. The van der Waals surface area contributed by atoms with E-state index >= 15 is 0 Å². The molecule has 3 aromatic rings. The van der Waals surface area contributed by atoms with Gasteiger partial charge >= 0.3 is 142 Å². The number of nitrogens with one attached hydrogen (secondary N) is 2. The van der Waals surface area contributed by atoms with Gasteiger partial charge in [-0.3, -0.25) is 0 Å². The van der Waals surface area contributed by atoms with Crippen LogP contribution in [0.2, 0.25) is 0 Å². The number of hydrogen-bond acceptors (Lipinski definition) is 6. The molecular weight excluding hydrogens is 512 g/mol. The predicted molar refractivity (Wildman–Crippen MR) is 154 cm³/mol. The van der Waals surface area contributed by atoms with Gasteiger partial charge in [-0.2, -0.15) is 0 Å². The topological polar surface area (TPSA) is 64.3 Å². The molecule has 214 valence electrons. The van der Waals surface area contributed by atoms with Crippen molar-refractivity contribution in [2.75, 3.05) is 39.3 Å². The van der Waals surface area contributed by atoms with Crippen molar-refractivity contribution in [1.29, 1.82) is 0 Å². The van der Waals surface area contributed by atoms with Crippen molar-refractivity contribution in [3.05, 3.63) is 72.8 Å². The van der Waals surface area contributed by atoms with E-state index in [9.17, 15) is 0 Å². The molecule has 0 saturated carbocycles. The summed E-state index contributed by atoms with van der Waals surface area (Å²) in [6.45, 7) is 21.0. The van der Waals surface area contributed by atoms with Crippen LogP contribution in [0.1, 0.15) is 41.5 Å². The van der Waals surface area contributed by atoms with Gasteiger partial charge in [0.1, 0.15) is 0 Å². The SMILES string of the molecule is CC[NH+](CC)CC.CC[NH+](CC)CC.c1ccc2c(c1)O[Si-2]13(O2)(Oc2ccccc2O1)Oc1ccccc1O3. The minimum atomic E-state index is -5.84. The second kappa shape index (κ2) is 11.0. The van der Waals surface area contributed by atoms with Crippen molar-refractivity contribution in [2.45, 2.75) is 41.5 Å². The van der Waals surface area contributed by atoms with Crippen LogP contribution in [0.15, 0.2) is 72.8 Å². The maximum atomic E-state index is 6.20. The Hall–Kier alpha value is -3.40. The van der Waals surface area contributed by atoms with Crippen molar-refractivity contribution >= 4 is 8.09 Å². The molecule has 3 aliphatic heterocycles. The number of quaternary nitrogens is 2. The average molecular weight is 557 g/mol. The molecule has 3 heterocycles. The molecule has 6 rings (SSSR count). The molecule has 0 fully saturated rings. The molecule has 1 spiro atoms. The summed E-state index contributed by atoms with van der Waals surface area (Å²) in [5.41, 5.74) is 0. The summed E-state index contributed by atoms with van der Waals surface area (Å²) in [6.07, 6.45) is 0. The second-order valence-corrected chi connectivity index (χ2v) is 13.5. The van der Waals surface area contributed by atoms with E-state index in [0.29, 0.717) is 34.5 Å². The van der Waals surface area contributed by atoms with Crippen LogP contribution >= 0.6 is 0 Å². The van der Waals surface area contributed by atoms with E-state index in [1.807, 2.05) is 36.4 Å². The molecule has 0 atom stereocenters. The van der Waals surface area contributed by atoms with Crippen molar-refractivity contribution in [3.8, 4) is 34.5 Å². The van der Waals surface area contributed by atoms with Crippen LogP contribution in [-0.4, -0.2) is 47.4 Å².